The SMILES string of the molecule is COc1c(O[Si](C)(C)C(C)(C)C)cc(F)c(F)c1C(=O)c1cnc(N(C2CCNCC2)S(C)(=O)=O)nc1N. The minimum Gasteiger partial charge on any atom is -0.541 e. The number of hydrogen-bond acceptors (Lipinski definition) is 9. The second-order valence-corrected chi connectivity index (χ2v) is 17.4. The van der Waals surface area contributed by atoms with Gasteiger partial charge >= 0.3 is 0 Å². The highest BCUT2D eigenvalue weighted by atomic mass is 32.2. The number of rotatable bonds is 8. The second kappa shape index (κ2) is 10.7. The van der Waals surface area contributed by atoms with Crippen molar-refractivity contribution in [2.45, 2.75) is 57.8 Å². The second-order valence-electron chi connectivity index (χ2n) is 10.8. The van der Waals surface area contributed by atoms with Gasteiger partial charge in [-0.25, -0.2) is 26.5 Å². The van der Waals surface area contributed by atoms with Gasteiger partial charge in [-0.2, -0.15) is 4.98 Å². The van der Waals surface area contributed by atoms with Gasteiger partial charge in [-0.15, -0.1) is 0 Å². The number of nitrogens with one attached hydrogen (secondary N) is 1. The van der Waals surface area contributed by atoms with E-state index >= 15 is 4.39 Å². The summed E-state index contributed by atoms with van der Waals surface area (Å²) in [6, 6.07) is 0.459. The average molecular weight is 572 g/mol. The molecule has 0 aliphatic carbocycles. The van der Waals surface area contributed by atoms with Gasteiger partial charge in [0.2, 0.25) is 21.8 Å². The number of halogens is 2. The summed E-state index contributed by atoms with van der Waals surface area (Å²) >= 11 is 0. The number of carbonyl (C=O) groups is 1. The number of piperidine rings is 1. The van der Waals surface area contributed by atoms with Crippen LogP contribution in [0.5, 0.6) is 11.5 Å². The molecular weight excluding hydrogens is 536 g/mol. The number of carbonyl (C=O) groups excluding carboxylic acids is 1. The van der Waals surface area contributed by atoms with Crippen molar-refractivity contribution in [3.63, 3.8) is 0 Å². The summed E-state index contributed by atoms with van der Waals surface area (Å²) in [5.74, 6) is -4.75. The molecule has 0 spiro atoms. The Morgan fingerprint density at radius 1 is 1.24 bits per heavy atom. The van der Waals surface area contributed by atoms with Crippen molar-refractivity contribution in [3.05, 3.63) is 35.0 Å². The van der Waals surface area contributed by atoms with E-state index in [1.807, 2.05) is 33.9 Å². The summed E-state index contributed by atoms with van der Waals surface area (Å²) in [6.07, 6.45) is 3.10. The van der Waals surface area contributed by atoms with E-state index in [0.29, 0.717) is 25.9 Å². The first-order chi connectivity index (χ1) is 17.5. The molecule has 1 fully saturated rings. The smallest absolute Gasteiger partial charge is 0.250 e. The minimum atomic E-state index is -3.78. The molecule has 1 aliphatic heterocycles. The Bertz CT molecular complexity index is 1330. The van der Waals surface area contributed by atoms with Gasteiger partial charge in [-0.3, -0.25) is 4.79 Å². The van der Waals surface area contributed by atoms with Crippen LogP contribution in [0.3, 0.4) is 0 Å². The molecule has 210 valence electrons. The van der Waals surface area contributed by atoms with Gasteiger partial charge in [0.25, 0.3) is 8.32 Å². The maximum absolute atomic E-state index is 15.1. The Morgan fingerprint density at radius 3 is 2.34 bits per heavy atom. The lowest BCUT2D eigenvalue weighted by Gasteiger charge is -2.37. The van der Waals surface area contributed by atoms with E-state index in [0.717, 1.165) is 22.8 Å². The molecule has 3 N–H and O–H groups in total. The van der Waals surface area contributed by atoms with E-state index in [4.69, 9.17) is 14.9 Å². The number of nitrogen functional groups attached to an aromatic ring is 1. The molecule has 0 amide bonds. The molecule has 10 nitrogen and oxygen atoms in total. The van der Waals surface area contributed by atoms with Crippen LogP contribution in [0.1, 0.15) is 49.5 Å². The zero-order valence-corrected chi connectivity index (χ0v) is 24.5. The van der Waals surface area contributed by atoms with E-state index in [1.54, 1.807) is 0 Å². The standard InChI is InChI=1S/C24H35F2N5O5SSi/c1-24(2,3)38(6,7)36-17-12-16(25)19(26)18(21(17)35-4)20(32)15-13-29-23(30-22(15)27)31(37(5,33)34)14-8-10-28-11-9-14/h12-14,28H,8-11H2,1-7H3,(H2,27,29,30). The highest BCUT2D eigenvalue weighted by molar-refractivity contribution is 7.92. The van der Waals surface area contributed by atoms with E-state index in [-0.39, 0.29) is 33.9 Å². The fraction of sp³-hybridized carbons (Fsp3) is 0.542. The highest BCUT2D eigenvalue weighted by Crippen LogP contribution is 2.43. The molecule has 0 atom stereocenters. The molecule has 3 rings (SSSR count). The van der Waals surface area contributed by atoms with Crippen LogP contribution in [-0.4, -0.2) is 65.0 Å². The molecule has 14 heteroatoms. The molecule has 2 aromatic rings. The Morgan fingerprint density at radius 2 is 1.84 bits per heavy atom. The third kappa shape index (κ3) is 5.91. The normalized spacial score (nSPS) is 15.3. The van der Waals surface area contributed by atoms with Crippen LogP contribution in [0.25, 0.3) is 0 Å². The maximum Gasteiger partial charge on any atom is 0.250 e. The van der Waals surface area contributed by atoms with Crippen LogP contribution in [0.15, 0.2) is 12.3 Å². The number of sulfonamides is 1. The summed E-state index contributed by atoms with van der Waals surface area (Å²) in [5.41, 5.74) is 5.00. The Kier molecular flexibility index (Phi) is 8.39. The van der Waals surface area contributed by atoms with Crippen molar-refractivity contribution in [2.24, 2.45) is 0 Å². The van der Waals surface area contributed by atoms with Crippen LogP contribution < -0.4 is 24.5 Å². The Hall–Kier alpha value is -2.84. The number of benzene rings is 1. The molecule has 38 heavy (non-hydrogen) atoms. The minimum absolute atomic E-state index is 0.105. The van der Waals surface area contributed by atoms with Crippen molar-refractivity contribution in [1.29, 1.82) is 0 Å². The van der Waals surface area contributed by atoms with Gasteiger partial charge in [-0.1, -0.05) is 20.8 Å². The monoisotopic (exact) mass is 571 g/mol. The molecule has 0 unspecified atom stereocenters. The Balaban J connectivity index is 2.09. The molecule has 1 aromatic carbocycles. The molecule has 0 saturated carbocycles. The first-order valence-corrected chi connectivity index (χ1v) is 16.9. The molecule has 0 radical (unpaired) electrons. The zero-order valence-electron chi connectivity index (χ0n) is 22.7. The Labute approximate surface area is 223 Å². The highest BCUT2D eigenvalue weighted by Gasteiger charge is 2.41. The third-order valence-corrected chi connectivity index (χ3v) is 12.5. The van der Waals surface area contributed by atoms with Gasteiger partial charge < -0.3 is 20.2 Å². The summed E-state index contributed by atoms with van der Waals surface area (Å²) in [7, 11) is -5.10. The number of nitrogens with two attached hydrogens (primary N) is 1. The average Bonchev–Trinajstić information content (AvgIpc) is 2.79. The number of methoxy groups -OCH3 is 1. The largest absolute Gasteiger partial charge is 0.541 e. The lowest BCUT2D eigenvalue weighted by molar-refractivity contribution is 0.103. The summed E-state index contributed by atoms with van der Waals surface area (Å²) < 4.78 is 67.5. The fourth-order valence-corrected chi connectivity index (χ4v) is 6.06. The van der Waals surface area contributed by atoms with Crippen molar-refractivity contribution < 1.29 is 31.2 Å². The lowest BCUT2D eigenvalue weighted by atomic mass is 10.0. The van der Waals surface area contributed by atoms with Crippen molar-refractivity contribution in [2.75, 3.05) is 36.5 Å². The van der Waals surface area contributed by atoms with Crippen molar-refractivity contribution >= 4 is 35.9 Å². The third-order valence-electron chi connectivity index (χ3n) is 6.99. The molecule has 0 bridgehead atoms. The number of ether oxygens (including phenoxy) is 1. The van der Waals surface area contributed by atoms with Gasteiger partial charge in [0.1, 0.15) is 11.4 Å². The van der Waals surface area contributed by atoms with Crippen molar-refractivity contribution in [1.82, 2.24) is 15.3 Å². The van der Waals surface area contributed by atoms with E-state index < -0.39 is 47.4 Å². The van der Waals surface area contributed by atoms with Gasteiger partial charge in [0.05, 0.1) is 25.0 Å². The van der Waals surface area contributed by atoms with Crippen LogP contribution in [-0.2, 0) is 10.0 Å². The van der Waals surface area contributed by atoms with Gasteiger partial charge in [-0.05, 0) is 44.1 Å². The molecule has 1 aromatic heterocycles. The number of nitrogens with zero attached hydrogens (tertiary/aromatic N) is 3. The molecule has 1 saturated heterocycles. The molecule has 1 aliphatic rings. The number of anilines is 2. The summed E-state index contributed by atoms with van der Waals surface area (Å²) in [6.45, 7) is 11.0. The maximum atomic E-state index is 15.1. The van der Waals surface area contributed by atoms with Crippen LogP contribution in [0.2, 0.25) is 18.1 Å². The first kappa shape index (κ1) is 29.7. The van der Waals surface area contributed by atoms with E-state index in [9.17, 15) is 17.6 Å². The van der Waals surface area contributed by atoms with Crippen LogP contribution >= 0.6 is 0 Å². The zero-order chi connectivity index (χ0) is 28.6. The van der Waals surface area contributed by atoms with E-state index in [2.05, 4.69) is 15.3 Å². The molecular formula is C24H35F2N5O5SSi. The quantitative estimate of drug-likeness (QED) is 0.360. The summed E-state index contributed by atoms with van der Waals surface area (Å²) in [4.78, 5) is 21.6. The lowest BCUT2D eigenvalue weighted by Crippen LogP contribution is -2.46. The predicted molar refractivity (Wildman–Crippen MR) is 144 cm³/mol. The fourth-order valence-electron chi connectivity index (χ4n) is 3.92. The van der Waals surface area contributed by atoms with Crippen LogP contribution in [0, 0.1) is 11.6 Å². The van der Waals surface area contributed by atoms with Gasteiger partial charge in [0, 0.05) is 12.3 Å². The number of ketones is 1. The predicted octanol–water partition coefficient (Wildman–Crippen LogP) is 3.48. The molecule has 2 heterocycles. The topological polar surface area (TPSA) is 137 Å². The number of hydrogen-bond donors (Lipinski definition) is 2. The summed E-state index contributed by atoms with van der Waals surface area (Å²) in [5, 5.41) is 2.88. The van der Waals surface area contributed by atoms with Gasteiger partial charge in [0.15, 0.2) is 23.1 Å². The van der Waals surface area contributed by atoms with Crippen molar-refractivity contribution in [3.8, 4) is 11.5 Å². The first-order valence-electron chi connectivity index (χ1n) is 12.1. The van der Waals surface area contributed by atoms with E-state index in [1.165, 1.54) is 7.11 Å². The number of aromatic nitrogens is 2. The van der Waals surface area contributed by atoms with Crippen LogP contribution in [0.4, 0.5) is 20.5 Å².